The Kier molecular flexibility index (Phi) is 3.54. The number of benzene rings is 1. The van der Waals surface area contributed by atoms with Crippen molar-refractivity contribution in [2.75, 3.05) is 12.1 Å². The molecule has 0 atom stereocenters. The molecule has 0 aliphatic heterocycles. The summed E-state index contributed by atoms with van der Waals surface area (Å²) in [5.74, 6) is 6.17. The van der Waals surface area contributed by atoms with E-state index >= 15 is 0 Å². The zero-order valence-electron chi connectivity index (χ0n) is 9.91. The number of hydrazine groups is 1. The van der Waals surface area contributed by atoms with Gasteiger partial charge in [0, 0.05) is 12.4 Å². The van der Waals surface area contributed by atoms with Gasteiger partial charge < -0.3 is 4.74 Å². The molecule has 0 aliphatic carbocycles. The lowest BCUT2D eigenvalue weighted by molar-refractivity contribution is 0.0986. The second kappa shape index (κ2) is 5.29. The normalized spacial score (nSPS) is 9.89. The number of hydrogen-bond acceptors (Lipinski definition) is 4. The summed E-state index contributed by atoms with van der Waals surface area (Å²) < 4.78 is 5.04. The molecule has 1 aromatic carbocycles. The van der Waals surface area contributed by atoms with Gasteiger partial charge in [-0.1, -0.05) is 0 Å². The summed E-state index contributed by atoms with van der Waals surface area (Å²) >= 11 is 0. The topological polar surface area (TPSA) is 68.5 Å². The number of amides is 1. The molecule has 0 fully saturated rings. The highest BCUT2D eigenvalue weighted by atomic mass is 16.5. The second-order valence-corrected chi connectivity index (χ2v) is 3.61. The van der Waals surface area contributed by atoms with Gasteiger partial charge in [0.25, 0.3) is 5.91 Å². The zero-order chi connectivity index (χ0) is 13.0. The number of hydrogen-bond donors (Lipinski definition) is 1. The Morgan fingerprint density at radius 2 is 2.00 bits per heavy atom. The predicted octanol–water partition coefficient (Wildman–Crippen LogP) is 1.61. The molecule has 1 aromatic heterocycles. The molecule has 2 N–H and O–H groups in total. The Balaban J connectivity index is 2.20. The number of nitrogens with zero attached hydrogens (tertiary/aromatic N) is 2. The number of nitrogens with two attached hydrogens (primary N) is 1. The number of anilines is 1. The lowest BCUT2D eigenvalue weighted by Gasteiger charge is -2.16. The van der Waals surface area contributed by atoms with Crippen molar-refractivity contribution in [1.82, 2.24) is 4.98 Å². The van der Waals surface area contributed by atoms with Crippen molar-refractivity contribution in [3.8, 4) is 5.75 Å². The van der Waals surface area contributed by atoms with E-state index in [4.69, 9.17) is 10.6 Å². The van der Waals surface area contributed by atoms with Gasteiger partial charge in [-0.25, -0.2) is 10.9 Å². The standard InChI is InChI=1S/C13H13N3O2/c1-18-12-6-4-11(5-7-12)16(14)13(17)10-3-2-8-15-9-10/h2-9H,14H2,1H3. The van der Waals surface area contributed by atoms with Crippen molar-refractivity contribution >= 4 is 11.6 Å². The molecule has 0 saturated carbocycles. The van der Waals surface area contributed by atoms with Gasteiger partial charge in [0.1, 0.15) is 5.75 Å². The predicted molar refractivity (Wildman–Crippen MR) is 68.2 cm³/mol. The third-order valence-corrected chi connectivity index (χ3v) is 2.48. The van der Waals surface area contributed by atoms with E-state index in [1.54, 1.807) is 49.7 Å². The van der Waals surface area contributed by atoms with Gasteiger partial charge in [-0.15, -0.1) is 0 Å². The highest BCUT2D eigenvalue weighted by Gasteiger charge is 2.14. The van der Waals surface area contributed by atoms with E-state index in [1.807, 2.05) is 0 Å². The molecule has 0 unspecified atom stereocenters. The molecule has 0 spiro atoms. The fourth-order valence-corrected chi connectivity index (χ4v) is 1.49. The van der Waals surface area contributed by atoms with Gasteiger partial charge in [-0.05, 0) is 36.4 Å². The Morgan fingerprint density at radius 1 is 1.28 bits per heavy atom. The van der Waals surface area contributed by atoms with Crippen LogP contribution in [0, 0.1) is 0 Å². The average molecular weight is 243 g/mol. The summed E-state index contributed by atoms with van der Waals surface area (Å²) in [5, 5.41) is 1.08. The minimum Gasteiger partial charge on any atom is -0.497 e. The summed E-state index contributed by atoms with van der Waals surface area (Å²) in [6.45, 7) is 0. The molecule has 0 saturated heterocycles. The number of ether oxygens (including phenoxy) is 1. The molecule has 1 heterocycles. The largest absolute Gasteiger partial charge is 0.497 e. The maximum absolute atomic E-state index is 12.0. The van der Waals surface area contributed by atoms with Crippen molar-refractivity contribution < 1.29 is 9.53 Å². The first-order valence-electron chi connectivity index (χ1n) is 5.35. The molecule has 92 valence electrons. The van der Waals surface area contributed by atoms with Gasteiger partial charge in [-0.3, -0.25) is 9.78 Å². The van der Waals surface area contributed by atoms with Gasteiger partial charge >= 0.3 is 0 Å². The van der Waals surface area contributed by atoms with Crippen LogP contribution in [-0.4, -0.2) is 18.0 Å². The lowest BCUT2D eigenvalue weighted by atomic mass is 10.2. The molecule has 0 aliphatic rings. The maximum Gasteiger partial charge on any atom is 0.274 e. The first-order valence-corrected chi connectivity index (χ1v) is 5.35. The van der Waals surface area contributed by atoms with E-state index in [0.717, 1.165) is 5.01 Å². The molecule has 2 aromatic rings. The summed E-state index contributed by atoms with van der Waals surface area (Å²) in [6.07, 6.45) is 3.08. The highest BCUT2D eigenvalue weighted by Crippen LogP contribution is 2.18. The quantitative estimate of drug-likeness (QED) is 0.505. The number of pyridine rings is 1. The molecule has 5 heteroatoms. The van der Waals surface area contributed by atoms with E-state index in [1.165, 1.54) is 6.20 Å². The summed E-state index contributed by atoms with van der Waals surface area (Å²) in [5.41, 5.74) is 1.03. The van der Waals surface area contributed by atoms with Crippen LogP contribution < -0.4 is 15.6 Å². The average Bonchev–Trinajstić information content (AvgIpc) is 2.47. The Labute approximate surface area is 105 Å². The van der Waals surface area contributed by atoms with E-state index in [-0.39, 0.29) is 5.91 Å². The van der Waals surface area contributed by atoms with Crippen LogP contribution in [0.5, 0.6) is 5.75 Å². The smallest absolute Gasteiger partial charge is 0.274 e. The van der Waals surface area contributed by atoms with Crippen LogP contribution >= 0.6 is 0 Å². The van der Waals surface area contributed by atoms with Crippen LogP contribution in [0.2, 0.25) is 0 Å². The first-order chi connectivity index (χ1) is 8.72. The van der Waals surface area contributed by atoms with Crippen molar-refractivity contribution in [3.05, 3.63) is 54.4 Å². The van der Waals surface area contributed by atoms with Crippen LogP contribution in [0.15, 0.2) is 48.8 Å². The van der Waals surface area contributed by atoms with E-state index in [2.05, 4.69) is 4.98 Å². The van der Waals surface area contributed by atoms with Crippen LogP contribution in [0.3, 0.4) is 0 Å². The van der Waals surface area contributed by atoms with Gasteiger partial charge in [0.15, 0.2) is 0 Å². The molecule has 5 nitrogen and oxygen atoms in total. The van der Waals surface area contributed by atoms with Crippen molar-refractivity contribution in [2.45, 2.75) is 0 Å². The van der Waals surface area contributed by atoms with Crippen LogP contribution in [-0.2, 0) is 0 Å². The summed E-state index contributed by atoms with van der Waals surface area (Å²) in [4.78, 5) is 15.9. The van der Waals surface area contributed by atoms with E-state index < -0.39 is 0 Å². The van der Waals surface area contributed by atoms with Crippen molar-refractivity contribution in [3.63, 3.8) is 0 Å². The number of rotatable bonds is 3. The SMILES string of the molecule is COc1ccc(N(N)C(=O)c2cccnc2)cc1. The third-order valence-electron chi connectivity index (χ3n) is 2.48. The molecular formula is C13H13N3O2. The van der Waals surface area contributed by atoms with Crippen LogP contribution in [0.4, 0.5) is 5.69 Å². The number of methoxy groups -OCH3 is 1. The number of carbonyl (C=O) groups is 1. The van der Waals surface area contributed by atoms with Gasteiger partial charge in [0.2, 0.25) is 0 Å². The zero-order valence-corrected chi connectivity index (χ0v) is 9.91. The fourth-order valence-electron chi connectivity index (χ4n) is 1.49. The molecule has 18 heavy (non-hydrogen) atoms. The minimum atomic E-state index is -0.312. The Bertz CT molecular complexity index is 526. The van der Waals surface area contributed by atoms with Crippen molar-refractivity contribution in [1.29, 1.82) is 0 Å². The highest BCUT2D eigenvalue weighted by molar-refractivity contribution is 6.05. The monoisotopic (exact) mass is 243 g/mol. The van der Waals surface area contributed by atoms with E-state index in [9.17, 15) is 4.79 Å². The molecular weight excluding hydrogens is 230 g/mol. The lowest BCUT2D eigenvalue weighted by Crippen LogP contribution is -2.37. The molecule has 0 radical (unpaired) electrons. The molecule has 0 bridgehead atoms. The number of aromatic nitrogens is 1. The van der Waals surface area contributed by atoms with Crippen LogP contribution in [0.1, 0.15) is 10.4 Å². The second-order valence-electron chi connectivity index (χ2n) is 3.61. The van der Waals surface area contributed by atoms with Crippen molar-refractivity contribution in [2.24, 2.45) is 5.84 Å². The molecule has 2 rings (SSSR count). The van der Waals surface area contributed by atoms with Crippen LogP contribution in [0.25, 0.3) is 0 Å². The summed E-state index contributed by atoms with van der Waals surface area (Å²) in [6, 6.07) is 10.3. The molecule has 1 amide bonds. The minimum absolute atomic E-state index is 0.312. The maximum atomic E-state index is 12.0. The third kappa shape index (κ3) is 2.46. The fraction of sp³-hybridized carbons (Fsp3) is 0.0769. The van der Waals surface area contributed by atoms with Gasteiger partial charge in [0.05, 0.1) is 18.4 Å². The van der Waals surface area contributed by atoms with Gasteiger partial charge in [-0.2, -0.15) is 0 Å². The Morgan fingerprint density at radius 3 is 2.56 bits per heavy atom. The summed E-state index contributed by atoms with van der Waals surface area (Å²) in [7, 11) is 1.58. The first kappa shape index (κ1) is 12.1. The number of carbonyl (C=O) groups excluding carboxylic acids is 1. The Hall–Kier alpha value is -2.40. The van der Waals surface area contributed by atoms with E-state index in [0.29, 0.717) is 17.0 Å².